The first-order chi connectivity index (χ1) is 11.7. The number of pyridine rings is 2. The molecule has 0 unspecified atom stereocenters. The second-order valence-electron chi connectivity index (χ2n) is 6.34. The maximum absolute atomic E-state index is 11.6. The molecular formula is C20H18N2O2. The van der Waals surface area contributed by atoms with Crippen molar-refractivity contribution in [2.75, 3.05) is 0 Å². The van der Waals surface area contributed by atoms with Crippen LogP contribution in [0.25, 0.3) is 22.0 Å². The fourth-order valence-electron chi connectivity index (χ4n) is 3.74. The third kappa shape index (κ3) is 2.54. The topological polar surface area (TPSA) is 63.1 Å². The van der Waals surface area contributed by atoms with E-state index in [1.165, 1.54) is 12.8 Å². The van der Waals surface area contributed by atoms with Crippen LogP contribution in [0, 0.1) is 0 Å². The summed E-state index contributed by atoms with van der Waals surface area (Å²) in [7, 11) is 0. The van der Waals surface area contributed by atoms with Crippen molar-refractivity contribution in [2.24, 2.45) is 0 Å². The normalized spacial score (nSPS) is 15.0. The number of carbonyl (C=O) groups is 1. The molecule has 1 aliphatic carbocycles. The molecule has 1 fully saturated rings. The third-order valence-electron chi connectivity index (χ3n) is 4.93. The molecule has 4 nitrogen and oxygen atoms in total. The zero-order valence-electron chi connectivity index (χ0n) is 13.3. The number of nitrogens with zero attached hydrogens (tertiary/aromatic N) is 2. The van der Waals surface area contributed by atoms with E-state index in [9.17, 15) is 9.90 Å². The maximum Gasteiger partial charge on any atom is 0.335 e. The van der Waals surface area contributed by atoms with Crippen molar-refractivity contribution in [2.45, 2.75) is 31.6 Å². The highest BCUT2D eigenvalue weighted by Crippen LogP contribution is 2.38. The van der Waals surface area contributed by atoms with Crippen molar-refractivity contribution >= 4 is 16.9 Å². The largest absolute Gasteiger partial charge is 0.478 e. The number of carboxylic acids is 1. The summed E-state index contributed by atoms with van der Waals surface area (Å²) in [5, 5.41) is 10.5. The maximum atomic E-state index is 11.6. The molecule has 0 radical (unpaired) electrons. The first kappa shape index (κ1) is 14.8. The highest BCUT2D eigenvalue weighted by Gasteiger charge is 2.23. The van der Waals surface area contributed by atoms with Gasteiger partial charge in [-0.05, 0) is 59.7 Å². The predicted octanol–water partition coefficient (Wildman–Crippen LogP) is 4.65. The van der Waals surface area contributed by atoms with Crippen molar-refractivity contribution in [1.82, 2.24) is 9.97 Å². The van der Waals surface area contributed by atoms with Gasteiger partial charge in [-0.1, -0.05) is 18.9 Å². The number of rotatable bonds is 3. The summed E-state index contributed by atoms with van der Waals surface area (Å²) in [4.78, 5) is 20.2. The molecule has 4 heteroatoms. The monoisotopic (exact) mass is 318 g/mol. The van der Waals surface area contributed by atoms with Gasteiger partial charge in [0.1, 0.15) is 0 Å². The summed E-state index contributed by atoms with van der Waals surface area (Å²) in [5.74, 6) is -0.494. The van der Waals surface area contributed by atoms with Crippen LogP contribution in [0.15, 0.2) is 48.9 Å². The lowest BCUT2D eigenvalue weighted by Gasteiger charge is -2.15. The Labute approximate surface area is 140 Å². The Morgan fingerprint density at radius 1 is 1.08 bits per heavy atom. The average molecular weight is 318 g/mol. The quantitative estimate of drug-likeness (QED) is 0.763. The van der Waals surface area contributed by atoms with Gasteiger partial charge >= 0.3 is 5.97 Å². The molecule has 0 atom stereocenters. The van der Waals surface area contributed by atoms with E-state index in [1.54, 1.807) is 18.5 Å². The van der Waals surface area contributed by atoms with Crippen molar-refractivity contribution in [3.05, 3.63) is 60.0 Å². The minimum Gasteiger partial charge on any atom is -0.478 e. The Morgan fingerprint density at radius 3 is 2.71 bits per heavy atom. The number of fused-ring (bicyclic) bond motifs is 1. The molecule has 0 bridgehead atoms. The molecule has 1 aromatic carbocycles. The van der Waals surface area contributed by atoms with Crippen molar-refractivity contribution < 1.29 is 9.90 Å². The lowest BCUT2D eigenvalue weighted by atomic mass is 9.89. The van der Waals surface area contributed by atoms with Gasteiger partial charge in [0.05, 0.1) is 11.1 Å². The average Bonchev–Trinajstić information content (AvgIpc) is 3.15. The van der Waals surface area contributed by atoms with Gasteiger partial charge < -0.3 is 5.11 Å². The van der Waals surface area contributed by atoms with E-state index in [0.717, 1.165) is 40.4 Å². The van der Waals surface area contributed by atoms with Crippen LogP contribution in [0.2, 0.25) is 0 Å². The third-order valence-corrected chi connectivity index (χ3v) is 4.93. The Kier molecular flexibility index (Phi) is 3.73. The number of hydrogen-bond acceptors (Lipinski definition) is 3. The summed E-state index contributed by atoms with van der Waals surface area (Å²) < 4.78 is 0. The molecule has 2 aromatic heterocycles. The van der Waals surface area contributed by atoms with Crippen LogP contribution in [0.4, 0.5) is 0 Å². The molecule has 4 rings (SSSR count). The van der Waals surface area contributed by atoms with E-state index in [4.69, 9.17) is 0 Å². The first-order valence-electron chi connectivity index (χ1n) is 8.30. The summed E-state index contributed by atoms with van der Waals surface area (Å²) in [6, 6.07) is 9.55. The van der Waals surface area contributed by atoms with Crippen LogP contribution in [0.1, 0.15) is 47.5 Å². The summed E-state index contributed by atoms with van der Waals surface area (Å²) in [6.45, 7) is 0. The lowest BCUT2D eigenvalue weighted by Crippen LogP contribution is -2.06. The van der Waals surface area contributed by atoms with Crippen molar-refractivity contribution in [3.8, 4) is 11.1 Å². The van der Waals surface area contributed by atoms with Crippen LogP contribution in [0.3, 0.4) is 0 Å². The van der Waals surface area contributed by atoms with Crippen LogP contribution in [0.5, 0.6) is 0 Å². The number of benzene rings is 1. The molecule has 120 valence electrons. The summed E-state index contributed by atoms with van der Waals surface area (Å²) in [6.07, 6.45) is 9.84. The molecule has 2 heterocycles. The lowest BCUT2D eigenvalue weighted by molar-refractivity contribution is 0.0695. The van der Waals surface area contributed by atoms with Gasteiger partial charge in [0, 0.05) is 24.0 Å². The molecule has 3 aromatic rings. The standard InChI is InChI=1S/C20H18N2O2/c23-20(24)16-6-5-14(11-17(16)13-3-1-2-4-13)15-7-10-22-19-8-9-21-12-18(15)19/h5-13H,1-4H2,(H,23,24). The van der Waals surface area contributed by atoms with Crippen molar-refractivity contribution in [1.29, 1.82) is 0 Å². The number of aromatic nitrogens is 2. The van der Waals surface area contributed by atoms with Crippen LogP contribution < -0.4 is 0 Å². The highest BCUT2D eigenvalue weighted by atomic mass is 16.4. The molecule has 0 saturated heterocycles. The summed E-state index contributed by atoms with van der Waals surface area (Å²) >= 11 is 0. The van der Waals surface area contributed by atoms with Gasteiger partial charge in [-0.2, -0.15) is 0 Å². The molecule has 1 aliphatic rings. The molecule has 1 saturated carbocycles. The highest BCUT2D eigenvalue weighted by molar-refractivity contribution is 5.95. The van der Waals surface area contributed by atoms with E-state index in [-0.39, 0.29) is 0 Å². The molecule has 0 spiro atoms. The molecule has 0 aliphatic heterocycles. The predicted molar refractivity (Wildman–Crippen MR) is 93.1 cm³/mol. The van der Waals surface area contributed by atoms with Crippen LogP contribution in [-0.2, 0) is 0 Å². The van der Waals surface area contributed by atoms with E-state index >= 15 is 0 Å². The minimum atomic E-state index is -0.843. The number of aromatic carboxylic acids is 1. The molecule has 24 heavy (non-hydrogen) atoms. The molecule has 1 N–H and O–H groups in total. The molecular weight excluding hydrogens is 300 g/mol. The molecule has 0 amide bonds. The zero-order chi connectivity index (χ0) is 16.5. The SMILES string of the molecule is O=C(O)c1ccc(-c2ccnc3ccncc23)cc1C1CCCC1. The van der Waals surface area contributed by atoms with E-state index in [1.807, 2.05) is 24.4 Å². The minimum absolute atomic E-state index is 0.349. The second kappa shape index (κ2) is 6.04. The van der Waals surface area contributed by atoms with Crippen molar-refractivity contribution in [3.63, 3.8) is 0 Å². The van der Waals surface area contributed by atoms with Crippen LogP contribution in [-0.4, -0.2) is 21.0 Å². The van der Waals surface area contributed by atoms with E-state index in [0.29, 0.717) is 11.5 Å². The fourth-order valence-corrected chi connectivity index (χ4v) is 3.74. The van der Waals surface area contributed by atoms with E-state index in [2.05, 4.69) is 16.0 Å². The second-order valence-corrected chi connectivity index (χ2v) is 6.34. The first-order valence-corrected chi connectivity index (χ1v) is 8.30. The fraction of sp³-hybridized carbons (Fsp3) is 0.250. The Balaban J connectivity index is 1.89. The van der Waals surface area contributed by atoms with Gasteiger partial charge in [0.25, 0.3) is 0 Å². The smallest absolute Gasteiger partial charge is 0.335 e. The van der Waals surface area contributed by atoms with Gasteiger partial charge in [-0.3, -0.25) is 9.97 Å². The number of hydrogen-bond donors (Lipinski definition) is 1. The Morgan fingerprint density at radius 2 is 1.92 bits per heavy atom. The van der Waals surface area contributed by atoms with Gasteiger partial charge in [0.15, 0.2) is 0 Å². The Bertz CT molecular complexity index is 909. The Hall–Kier alpha value is -2.75. The number of carboxylic acid groups (broad SMARTS) is 1. The van der Waals surface area contributed by atoms with E-state index < -0.39 is 5.97 Å². The summed E-state index contributed by atoms with van der Waals surface area (Å²) in [5.41, 5.74) is 4.37. The van der Waals surface area contributed by atoms with Gasteiger partial charge in [-0.25, -0.2) is 4.79 Å². The van der Waals surface area contributed by atoms with Crippen LogP contribution >= 0.6 is 0 Å². The zero-order valence-corrected chi connectivity index (χ0v) is 13.3. The van der Waals surface area contributed by atoms with Gasteiger partial charge in [0.2, 0.25) is 0 Å². The van der Waals surface area contributed by atoms with Gasteiger partial charge in [-0.15, -0.1) is 0 Å².